The third-order valence-corrected chi connectivity index (χ3v) is 3.92. The molecule has 4 nitrogen and oxygen atoms in total. The largest absolute Gasteiger partial charge is 0.376 e. The zero-order chi connectivity index (χ0) is 14.5. The number of rotatable bonds is 6. The normalized spacial score (nSPS) is 26.1. The van der Waals surface area contributed by atoms with Crippen molar-refractivity contribution >= 4 is 23.2 Å². The predicted octanol–water partition coefficient (Wildman–Crippen LogP) is 2.94. The molecule has 6 heteroatoms. The van der Waals surface area contributed by atoms with Crippen molar-refractivity contribution in [3.05, 3.63) is 33.8 Å². The summed E-state index contributed by atoms with van der Waals surface area (Å²) in [5.41, 5.74) is 0.895. The van der Waals surface area contributed by atoms with Gasteiger partial charge in [0.15, 0.2) is 0 Å². The summed E-state index contributed by atoms with van der Waals surface area (Å²) in [5, 5.41) is 1.21. The fourth-order valence-electron chi connectivity index (χ4n) is 2.22. The van der Waals surface area contributed by atoms with E-state index in [1.54, 1.807) is 26.4 Å². The molecule has 2 rings (SSSR count). The molecule has 1 aliphatic rings. The zero-order valence-electron chi connectivity index (χ0n) is 11.5. The first-order valence-corrected chi connectivity index (χ1v) is 7.10. The van der Waals surface area contributed by atoms with Crippen LogP contribution in [0.2, 0.25) is 10.0 Å². The lowest BCUT2D eigenvalue weighted by molar-refractivity contribution is -0.0563. The van der Waals surface area contributed by atoms with Gasteiger partial charge in [-0.05, 0) is 17.7 Å². The van der Waals surface area contributed by atoms with E-state index in [4.69, 9.17) is 42.1 Å². The molecule has 1 fully saturated rings. The summed E-state index contributed by atoms with van der Waals surface area (Å²) >= 11 is 11.9. The number of ether oxygens (including phenoxy) is 4. The van der Waals surface area contributed by atoms with Gasteiger partial charge in [0.1, 0.15) is 18.3 Å². The molecule has 0 unspecified atom stereocenters. The van der Waals surface area contributed by atoms with E-state index < -0.39 is 0 Å². The maximum atomic E-state index is 6.09. The van der Waals surface area contributed by atoms with Crippen LogP contribution in [0.4, 0.5) is 0 Å². The van der Waals surface area contributed by atoms with Crippen molar-refractivity contribution in [1.29, 1.82) is 0 Å². The molecule has 0 saturated carbocycles. The van der Waals surface area contributed by atoms with Crippen molar-refractivity contribution in [3.8, 4) is 0 Å². The minimum atomic E-state index is -0.129. The Balaban J connectivity index is 1.84. The molecule has 1 aromatic carbocycles. The molecule has 1 aliphatic heterocycles. The van der Waals surface area contributed by atoms with Gasteiger partial charge < -0.3 is 18.9 Å². The van der Waals surface area contributed by atoms with Gasteiger partial charge in [0.25, 0.3) is 0 Å². The predicted molar refractivity (Wildman–Crippen MR) is 77.5 cm³/mol. The van der Waals surface area contributed by atoms with Gasteiger partial charge in [-0.1, -0.05) is 29.3 Å². The second-order valence-electron chi connectivity index (χ2n) is 4.60. The Morgan fingerprint density at radius 3 is 2.70 bits per heavy atom. The summed E-state index contributed by atoms with van der Waals surface area (Å²) in [6, 6.07) is 5.34. The molecule has 3 atom stereocenters. The van der Waals surface area contributed by atoms with Gasteiger partial charge >= 0.3 is 0 Å². The SMILES string of the molecule is CO[C@@H]1[C@H](COCc2ccc(Cl)cc2Cl)OC[C@H]1OC. The fraction of sp³-hybridized carbons (Fsp3) is 0.571. The van der Waals surface area contributed by atoms with E-state index in [0.717, 1.165) is 5.56 Å². The molecule has 1 heterocycles. The number of hydrogen-bond acceptors (Lipinski definition) is 4. The molecule has 112 valence electrons. The molecule has 0 bridgehead atoms. The topological polar surface area (TPSA) is 36.9 Å². The molecule has 0 aromatic heterocycles. The van der Waals surface area contributed by atoms with Crippen LogP contribution in [-0.2, 0) is 25.6 Å². The first kappa shape index (κ1) is 16.0. The summed E-state index contributed by atoms with van der Waals surface area (Å²) in [4.78, 5) is 0. The van der Waals surface area contributed by atoms with E-state index in [2.05, 4.69) is 0 Å². The Labute approximate surface area is 128 Å². The fourth-order valence-corrected chi connectivity index (χ4v) is 2.68. The Bertz CT molecular complexity index is 441. The van der Waals surface area contributed by atoms with Gasteiger partial charge in [0.05, 0.1) is 19.8 Å². The van der Waals surface area contributed by atoms with Crippen LogP contribution in [-0.4, -0.2) is 45.7 Å². The van der Waals surface area contributed by atoms with Crippen LogP contribution in [0.1, 0.15) is 5.56 Å². The lowest BCUT2D eigenvalue weighted by Crippen LogP contribution is -2.36. The minimum Gasteiger partial charge on any atom is -0.376 e. The van der Waals surface area contributed by atoms with Crippen LogP contribution >= 0.6 is 23.2 Å². The molecule has 1 saturated heterocycles. The van der Waals surface area contributed by atoms with Crippen LogP contribution in [0.15, 0.2) is 18.2 Å². The molecular formula is C14H18Cl2O4. The van der Waals surface area contributed by atoms with Crippen molar-refractivity contribution < 1.29 is 18.9 Å². The molecule has 0 aliphatic carbocycles. The minimum absolute atomic E-state index is 0.0484. The number of hydrogen-bond donors (Lipinski definition) is 0. The van der Waals surface area contributed by atoms with Crippen molar-refractivity contribution in [2.45, 2.75) is 24.9 Å². The van der Waals surface area contributed by atoms with Gasteiger partial charge in [-0.3, -0.25) is 0 Å². The van der Waals surface area contributed by atoms with E-state index in [9.17, 15) is 0 Å². The van der Waals surface area contributed by atoms with Crippen LogP contribution in [0.5, 0.6) is 0 Å². The summed E-state index contributed by atoms with van der Waals surface area (Å²) in [5.74, 6) is 0. The summed E-state index contributed by atoms with van der Waals surface area (Å²) in [6.07, 6.45) is -0.288. The Kier molecular flexibility index (Phi) is 6.08. The quantitative estimate of drug-likeness (QED) is 0.807. The Morgan fingerprint density at radius 2 is 2.05 bits per heavy atom. The van der Waals surface area contributed by atoms with E-state index in [1.165, 1.54) is 0 Å². The second kappa shape index (κ2) is 7.59. The molecule has 0 N–H and O–H groups in total. The average molecular weight is 321 g/mol. The Morgan fingerprint density at radius 1 is 1.25 bits per heavy atom. The third kappa shape index (κ3) is 3.85. The summed E-state index contributed by atoms with van der Waals surface area (Å²) in [6.45, 7) is 1.35. The van der Waals surface area contributed by atoms with Gasteiger partial charge in [-0.2, -0.15) is 0 Å². The Hall–Kier alpha value is -0.360. The zero-order valence-corrected chi connectivity index (χ0v) is 13.0. The molecule has 0 radical (unpaired) electrons. The molecule has 0 amide bonds. The van der Waals surface area contributed by atoms with E-state index >= 15 is 0 Å². The average Bonchev–Trinajstić information content (AvgIpc) is 2.83. The molecular weight excluding hydrogens is 303 g/mol. The van der Waals surface area contributed by atoms with E-state index in [-0.39, 0.29) is 18.3 Å². The van der Waals surface area contributed by atoms with Gasteiger partial charge in [0, 0.05) is 24.3 Å². The standard InChI is InChI=1S/C14H18Cl2O4/c1-17-12-8-20-13(14(12)18-2)7-19-6-9-3-4-10(15)5-11(9)16/h3-5,12-14H,6-8H2,1-2H3/t12-,13+,14+/m1/s1. The molecule has 1 aromatic rings. The highest BCUT2D eigenvalue weighted by molar-refractivity contribution is 6.35. The number of benzene rings is 1. The van der Waals surface area contributed by atoms with Crippen LogP contribution < -0.4 is 0 Å². The highest BCUT2D eigenvalue weighted by atomic mass is 35.5. The van der Waals surface area contributed by atoms with Crippen LogP contribution in [0.25, 0.3) is 0 Å². The lowest BCUT2D eigenvalue weighted by Gasteiger charge is -2.20. The van der Waals surface area contributed by atoms with Crippen molar-refractivity contribution in [1.82, 2.24) is 0 Å². The highest BCUT2D eigenvalue weighted by Crippen LogP contribution is 2.23. The van der Waals surface area contributed by atoms with Gasteiger partial charge in [-0.25, -0.2) is 0 Å². The van der Waals surface area contributed by atoms with Crippen molar-refractivity contribution in [2.24, 2.45) is 0 Å². The second-order valence-corrected chi connectivity index (χ2v) is 5.44. The first-order valence-electron chi connectivity index (χ1n) is 6.34. The monoisotopic (exact) mass is 320 g/mol. The van der Waals surface area contributed by atoms with Crippen molar-refractivity contribution in [3.63, 3.8) is 0 Å². The third-order valence-electron chi connectivity index (χ3n) is 3.34. The highest BCUT2D eigenvalue weighted by Gasteiger charge is 2.37. The number of halogens is 2. The van der Waals surface area contributed by atoms with Crippen LogP contribution in [0.3, 0.4) is 0 Å². The molecule has 20 heavy (non-hydrogen) atoms. The van der Waals surface area contributed by atoms with E-state index in [0.29, 0.717) is 29.9 Å². The van der Waals surface area contributed by atoms with E-state index in [1.807, 2.05) is 6.07 Å². The van der Waals surface area contributed by atoms with Crippen molar-refractivity contribution in [2.75, 3.05) is 27.4 Å². The maximum absolute atomic E-state index is 6.09. The smallest absolute Gasteiger partial charge is 0.114 e. The maximum Gasteiger partial charge on any atom is 0.114 e. The number of methoxy groups -OCH3 is 2. The van der Waals surface area contributed by atoms with Gasteiger partial charge in [0.2, 0.25) is 0 Å². The first-order chi connectivity index (χ1) is 9.65. The summed E-state index contributed by atoms with van der Waals surface area (Å²) in [7, 11) is 3.30. The lowest BCUT2D eigenvalue weighted by atomic mass is 10.1. The molecule has 0 spiro atoms. The van der Waals surface area contributed by atoms with Crippen LogP contribution in [0, 0.1) is 0 Å². The van der Waals surface area contributed by atoms with Gasteiger partial charge in [-0.15, -0.1) is 0 Å². The summed E-state index contributed by atoms with van der Waals surface area (Å²) < 4.78 is 22.0.